The Morgan fingerprint density at radius 2 is 2.46 bits per heavy atom. The van der Waals surface area contributed by atoms with E-state index in [1.807, 2.05) is 24.0 Å². The Labute approximate surface area is 84.1 Å². The molecule has 0 saturated heterocycles. The summed E-state index contributed by atoms with van der Waals surface area (Å²) in [5.74, 6) is 2.39. The van der Waals surface area contributed by atoms with Crippen LogP contribution in [0.3, 0.4) is 0 Å². The lowest BCUT2D eigenvalue weighted by molar-refractivity contribution is 0.729. The monoisotopic (exact) mass is 196 g/mol. The fourth-order valence-electron chi connectivity index (χ4n) is 1.02. The summed E-state index contributed by atoms with van der Waals surface area (Å²) in [4.78, 5) is 4.05. The second-order valence-corrected chi connectivity index (χ2v) is 4.13. The lowest BCUT2D eigenvalue weighted by Crippen LogP contribution is -2.16. The van der Waals surface area contributed by atoms with Gasteiger partial charge >= 0.3 is 0 Å². The van der Waals surface area contributed by atoms with Crippen molar-refractivity contribution in [3.8, 4) is 0 Å². The Bertz CT molecular complexity index is 213. The SMILES string of the molecule is CCSCCNCc1cccnc1. The van der Waals surface area contributed by atoms with E-state index < -0.39 is 0 Å². The van der Waals surface area contributed by atoms with Crippen LogP contribution in [0.1, 0.15) is 12.5 Å². The number of thioether (sulfide) groups is 1. The molecule has 3 heteroatoms. The largest absolute Gasteiger partial charge is 0.312 e. The third-order valence-electron chi connectivity index (χ3n) is 1.68. The van der Waals surface area contributed by atoms with Gasteiger partial charge in [-0.3, -0.25) is 4.98 Å². The molecule has 0 aliphatic carbocycles. The van der Waals surface area contributed by atoms with Gasteiger partial charge in [0, 0.05) is 31.2 Å². The van der Waals surface area contributed by atoms with Crippen molar-refractivity contribution in [2.75, 3.05) is 18.1 Å². The highest BCUT2D eigenvalue weighted by Gasteiger charge is 1.90. The zero-order chi connectivity index (χ0) is 9.36. The molecule has 1 aromatic rings. The molecule has 0 bridgehead atoms. The molecule has 1 N–H and O–H groups in total. The summed E-state index contributed by atoms with van der Waals surface area (Å²) in [5, 5.41) is 3.38. The summed E-state index contributed by atoms with van der Waals surface area (Å²) < 4.78 is 0. The molecular weight excluding hydrogens is 180 g/mol. The van der Waals surface area contributed by atoms with Gasteiger partial charge < -0.3 is 5.32 Å². The molecule has 0 unspecified atom stereocenters. The summed E-state index contributed by atoms with van der Waals surface area (Å²) >= 11 is 1.97. The van der Waals surface area contributed by atoms with E-state index in [1.165, 1.54) is 17.1 Å². The lowest BCUT2D eigenvalue weighted by atomic mass is 10.3. The van der Waals surface area contributed by atoms with Crippen LogP contribution in [0.2, 0.25) is 0 Å². The summed E-state index contributed by atoms with van der Waals surface area (Å²) in [6.45, 7) is 4.19. The molecule has 0 amide bonds. The first-order valence-corrected chi connectivity index (χ1v) is 5.76. The van der Waals surface area contributed by atoms with Crippen molar-refractivity contribution in [2.45, 2.75) is 13.5 Å². The summed E-state index contributed by atoms with van der Waals surface area (Å²) in [5.41, 5.74) is 1.25. The van der Waals surface area contributed by atoms with Gasteiger partial charge in [0.2, 0.25) is 0 Å². The van der Waals surface area contributed by atoms with E-state index >= 15 is 0 Å². The molecule has 1 heterocycles. The minimum Gasteiger partial charge on any atom is -0.312 e. The molecule has 0 atom stereocenters. The van der Waals surface area contributed by atoms with Crippen molar-refractivity contribution in [3.05, 3.63) is 30.1 Å². The Balaban J connectivity index is 2.07. The number of hydrogen-bond donors (Lipinski definition) is 1. The van der Waals surface area contributed by atoms with Crippen LogP contribution in [0.25, 0.3) is 0 Å². The lowest BCUT2D eigenvalue weighted by Gasteiger charge is -2.02. The van der Waals surface area contributed by atoms with E-state index in [4.69, 9.17) is 0 Å². The Morgan fingerprint density at radius 1 is 1.54 bits per heavy atom. The van der Waals surface area contributed by atoms with Crippen LogP contribution in [0.15, 0.2) is 24.5 Å². The quantitative estimate of drug-likeness (QED) is 0.704. The van der Waals surface area contributed by atoms with Gasteiger partial charge in [0.15, 0.2) is 0 Å². The van der Waals surface area contributed by atoms with Crippen molar-refractivity contribution in [1.29, 1.82) is 0 Å². The van der Waals surface area contributed by atoms with Crippen molar-refractivity contribution in [2.24, 2.45) is 0 Å². The van der Waals surface area contributed by atoms with E-state index in [0.717, 1.165) is 13.1 Å². The predicted octanol–water partition coefficient (Wildman–Crippen LogP) is 1.92. The number of nitrogens with one attached hydrogen (secondary N) is 1. The van der Waals surface area contributed by atoms with Gasteiger partial charge in [0.1, 0.15) is 0 Å². The average Bonchev–Trinajstić information content (AvgIpc) is 2.19. The zero-order valence-corrected chi connectivity index (χ0v) is 8.81. The molecule has 72 valence electrons. The number of hydrogen-bond acceptors (Lipinski definition) is 3. The normalized spacial score (nSPS) is 10.2. The van der Waals surface area contributed by atoms with Crippen LogP contribution in [-0.4, -0.2) is 23.0 Å². The van der Waals surface area contributed by atoms with Gasteiger partial charge in [0.25, 0.3) is 0 Å². The minimum absolute atomic E-state index is 0.929. The molecule has 0 aliphatic heterocycles. The van der Waals surface area contributed by atoms with Crippen molar-refractivity contribution in [1.82, 2.24) is 10.3 Å². The summed E-state index contributed by atoms with van der Waals surface area (Å²) in [6.07, 6.45) is 3.70. The van der Waals surface area contributed by atoms with E-state index in [9.17, 15) is 0 Å². The molecule has 0 fully saturated rings. The maximum absolute atomic E-state index is 4.05. The van der Waals surface area contributed by atoms with Gasteiger partial charge in [-0.25, -0.2) is 0 Å². The van der Waals surface area contributed by atoms with Crippen LogP contribution in [-0.2, 0) is 6.54 Å². The van der Waals surface area contributed by atoms with Gasteiger partial charge in [-0.1, -0.05) is 13.0 Å². The van der Waals surface area contributed by atoms with Gasteiger partial charge in [-0.15, -0.1) is 0 Å². The molecule has 0 radical (unpaired) electrons. The number of aromatic nitrogens is 1. The fourth-order valence-corrected chi connectivity index (χ4v) is 1.60. The molecule has 1 aromatic heterocycles. The first-order valence-electron chi connectivity index (χ1n) is 4.61. The zero-order valence-electron chi connectivity index (χ0n) is 7.99. The van der Waals surface area contributed by atoms with Crippen LogP contribution < -0.4 is 5.32 Å². The molecular formula is C10H16N2S. The van der Waals surface area contributed by atoms with Crippen LogP contribution >= 0.6 is 11.8 Å². The first-order chi connectivity index (χ1) is 6.43. The number of nitrogens with zero attached hydrogens (tertiary/aromatic N) is 1. The van der Waals surface area contributed by atoms with E-state index in [1.54, 1.807) is 6.20 Å². The molecule has 0 aliphatic rings. The smallest absolute Gasteiger partial charge is 0.0312 e. The second-order valence-electron chi connectivity index (χ2n) is 2.73. The first kappa shape index (κ1) is 10.5. The van der Waals surface area contributed by atoms with Crippen LogP contribution in [0.5, 0.6) is 0 Å². The fraction of sp³-hybridized carbons (Fsp3) is 0.500. The third kappa shape index (κ3) is 4.90. The van der Waals surface area contributed by atoms with E-state index in [-0.39, 0.29) is 0 Å². The Hall–Kier alpha value is -0.540. The van der Waals surface area contributed by atoms with E-state index in [0.29, 0.717) is 0 Å². The second kappa shape index (κ2) is 6.92. The molecule has 1 rings (SSSR count). The maximum atomic E-state index is 4.05. The van der Waals surface area contributed by atoms with Crippen molar-refractivity contribution >= 4 is 11.8 Å². The van der Waals surface area contributed by atoms with E-state index in [2.05, 4.69) is 23.3 Å². The van der Waals surface area contributed by atoms with Gasteiger partial charge in [-0.05, 0) is 17.4 Å². The molecule has 2 nitrogen and oxygen atoms in total. The van der Waals surface area contributed by atoms with Crippen LogP contribution in [0.4, 0.5) is 0 Å². The number of pyridine rings is 1. The molecule has 0 spiro atoms. The average molecular weight is 196 g/mol. The predicted molar refractivity (Wildman–Crippen MR) is 58.9 cm³/mol. The highest BCUT2D eigenvalue weighted by Crippen LogP contribution is 1.97. The van der Waals surface area contributed by atoms with Crippen molar-refractivity contribution in [3.63, 3.8) is 0 Å². The highest BCUT2D eigenvalue weighted by molar-refractivity contribution is 7.99. The Morgan fingerprint density at radius 3 is 3.15 bits per heavy atom. The highest BCUT2D eigenvalue weighted by atomic mass is 32.2. The Kier molecular flexibility index (Phi) is 5.61. The minimum atomic E-state index is 0.929. The third-order valence-corrected chi connectivity index (χ3v) is 2.58. The van der Waals surface area contributed by atoms with Gasteiger partial charge in [-0.2, -0.15) is 11.8 Å². The van der Waals surface area contributed by atoms with Crippen LogP contribution in [0, 0.1) is 0 Å². The molecule has 13 heavy (non-hydrogen) atoms. The summed E-state index contributed by atoms with van der Waals surface area (Å²) in [6, 6.07) is 4.06. The van der Waals surface area contributed by atoms with Crippen molar-refractivity contribution < 1.29 is 0 Å². The molecule has 0 saturated carbocycles. The summed E-state index contributed by atoms with van der Waals surface area (Å²) in [7, 11) is 0. The maximum Gasteiger partial charge on any atom is 0.0312 e. The molecule has 0 aromatic carbocycles. The topological polar surface area (TPSA) is 24.9 Å². The number of rotatable bonds is 6. The standard InChI is InChI=1S/C10H16N2S/c1-2-13-7-6-12-9-10-4-3-5-11-8-10/h3-5,8,12H,2,6-7,9H2,1H3. The van der Waals surface area contributed by atoms with Gasteiger partial charge in [0.05, 0.1) is 0 Å².